The molecule has 0 aromatic carbocycles. The van der Waals surface area contributed by atoms with Gasteiger partial charge in [-0.3, -0.25) is 9.97 Å². The Morgan fingerprint density at radius 2 is 1.00 bits per heavy atom. The van der Waals surface area contributed by atoms with E-state index in [4.69, 9.17) is 0 Å². The Kier molecular flexibility index (Phi) is 6.58. The lowest BCUT2D eigenvalue weighted by Crippen LogP contribution is -1.89. The monoisotopic (exact) mass is 532 g/mol. The average molecular weight is 533 g/mol. The lowest BCUT2D eigenvalue weighted by atomic mass is 10.1. The van der Waals surface area contributed by atoms with Crippen LogP contribution in [0.4, 0.5) is 0 Å². The van der Waals surface area contributed by atoms with Gasteiger partial charge < -0.3 is 0 Å². The molecule has 0 radical (unpaired) electrons. The second kappa shape index (κ2) is 10.5. The standard InChI is InChI=1S/C30H16N2S4/c1-3-27(33-17-1)29-11-9-23(35-29)7-5-21-13-15-31-25(19-21)26-20-22(14-16-32-26)6-8-24-10-12-30(36-24)28-4-2-18-34-28/h1-4,9-20H. The smallest absolute Gasteiger partial charge is 0.0898 e. The summed E-state index contributed by atoms with van der Waals surface area (Å²) in [7, 11) is 0. The van der Waals surface area contributed by atoms with Crippen molar-refractivity contribution in [2.75, 3.05) is 0 Å². The topological polar surface area (TPSA) is 25.8 Å². The van der Waals surface area contributed by atoms with Gasteiger partial charge in [-0.05, 0) is 71.4 Å². The van der Waals surface area contributed by atoms with E-state index in [1.807, 2.05) is 24.3 Å². The molecule has 0 unspecified atom stereocenters. The van der Waals surface area contributed by atoms with Crippen molar-refractivity contribution in [2.45, 2.75) is 0 Å². The molecule has 0 atom stereocenters. The molecule has 0 saturated heterocycles. The number of nitrogens with zero attached hydrogens (tertiary/aromatic N) is 2. The molecule has 0 aliphatic heterocycles. The Bertz CT molecular complexity index is 1620. The Balaban J connectivity index is 1.21. The lowest BCUT2D eigenvalue weighted by molar-refractivity contribution is 1.24. The minimum Gasteiger partial charge on any atom is -0.255 e. The van der Waals surface area contributed by atoms with Gasteiger partial charge in [0.15, 0.2) is 0 Å². The maximum absolute atomic E-state index is 4.52. The molecule has 2 nitrogen and oxygen atoms in total. The SMILES string of the molecule is C(#Cc1ccc(-c2cccs2)s1)c1ccnc(-c2cc(C#Cc3ccc(-c4cccs4)s3)ccn2)c1. The van der Waals surface area contributed by atoms with Gasteiger partial charge in [0, 0.05) is 43.0 Å². The van der Waals surface area contributed by atoms with Crippen molar-refractivity contribution in [3.63, 3.8) is 0 Å². The predicted molar refractivity (Wildman–Crippen MR) is 155 cm³/mol. The maximum atomic E-state index is 4.52. The molecule has 0 saturated carbocycles. The van der Waals surface area contributed by atoms with Crippen LogP contribution >= 0.6 is 45.3 Å². The van der Waals surface area contributed by atoms with Crippen LogP contribution in [0.15, 0.2) is 96.0 Å². The van der Waals surface area contributed by atoms with E-state index in [0.717, 1.165) is 32.3 Å². The predicted octanol–water partition coefficient (Wildman–Crippen LogP) is 8.52. The molecule has 0 amide bonds. The molecule has 6 aromatic heterocycles. The number of rotatable bonds is 3. The summed E-state index contributed by atoms with van der Waals surface area (Å²) >= 11 is 6.91. The Hall–Kier alpha value is -3.78. The molecule has 0 spiro atoms. The second-order valence-corrected chi connectivity index (χ2v) is 11.7. The van der Waals surface area contributed by atoms with Gasteiger partial charge in [0.05, 0.1) is 21.1 Å². The van der Waals surface area contributed by atoms with Gasteiger partial charge in [-0.1, -0.05) is 35.8 Å². The molecule has 6 aromatic rings. The minimum absolute atomic E-state index is 0.784. The van der Waals surface area contributed by atoms with Crippen LogP contribution in [0.3, 0.4) is 0 Å². The Morgan fingerprint density at radius 3 is 1.44 bits per heavy atom. The highest BCUT2D eigenvalue weighted by Gasteiger charge is 2.05. The first-order valence-electron chi connectivity index (χ1n) is 11.0. The summed E-state index contributed by atoms with van der Waals surface area (Å²) in [6.07, 6.45) is 3.56. The third kappa shape index (κ3) is 5.23. The van der Waals surface area contributed by atoms with Crippen molar-refractivity contribution in [1.82, 2.24) is 9.97 Å². The van der Waals surface area contributed by atoms with Crippen molar-refractivity contribution >= 4 is 45.3 Å². The normalized spacial score (nSPS) is 10.3. The lowest BCUT2D eigenvalue weighted by Gasteiger charge is -2.01. The fourth-order valence-corrected chi connectivity index (χ4v) is 6.87. The summed E-state index contributed by atoms with van der Waals surface area (Å²) in [5.41, 5.74) is 3.38. The molecule has 0 N–H and O–H groups in total. The summed E-state index contributed by atoms with van der Waals surface area (Å²) in [6.45, 7) is 0. The van der Waals surface area contributed by atoms with E-state index in [1.165, 1.54) is 19.5 Å². The number of hydrogen-bond acceptors (Lipinski definition) is 6. The summed E-state index contributed by atoms with van der Waals surface area (Å²) < 4.78 is 0. The summed E-state index contributed by atoms with van der Waals surface area (Å²) in [4.78, 5) is 16.2. The minimum atomic E-state index is 0.784. The molecule has 0 fully saturated rings. The first kappa shape index (κ1) is 22.7. The number of hydrogen-bond donors (Lipinski definition) is 0. The maximum Gasteiger partial charge on any atom is 0.0898 e. The van der Waals surface area contributed by atoms with Gasteiger partial charge in [0.2, 0.25) is 0 Å². The molecule has 36 heavy (non-hydrogen) atoms. The molecule has 6 heteroatoms. The van der Waals surface area contributed by atoms with Crippen LogP contribution in [0.25, 0.3) is 30.9 Å². The van der Waals surface area contributed by atoms with E-state index in [9.17, 15) is 0 Å². The number of thiophene rings is 4. The molecular formula is C30H16N2S4. The van der Waals surface area contributed by atoms with E-state index in [0.29, 0.717) is 0 Å². The number of aromatic nitrogens is 2. The van der Waals surface area contributed by atoms with Crippen molar-refractivity contribution in [3.05, 3.63) is 117 Å². The highest BCUT2D eigenvalue weighted by molar-refractivity contribution is 7.22. The third-order valence-electron chi connectivity index (χ3n) is 5.18. The first-order valence-corrected chi connectivity index (χ1v) is 14.4. The summed E-state index contributed by atoms with van der Waals surface area (Å²) in [6, 6.07) is 24.7. The van der Waals surface area contributed by atoms with Gasteiger partial charge in [0.25, 0.3) is 0 Å². The molecule has 170 valence electrons. The van der Waals surface area contributed by atoms with Crippen molar-refractivity contribution in [1.29, 1.82) is 0 Å². The van der Waals surface area contributed by atoms with Crippen molar-refractivity contribution < 1.29 is 0 Å². The van der Waals surface area contributed by atoms with Gasteiger partial charge in [-0.15, -0.1) is 45.3 Å². The molecule has 0 aliphatic rings. The fraction of sp³-hybridized carbons (Fsp3) is 0. The van der Waals surface area contributed by atoms with Gasteiger partial charge in [0.1, 0.15) is 0 Å². The molecule has 6 heterocycles. The van der Waals surface area contributed by atoms with E-state index in [1.54, 1.807) is 57.7 Å². The average Bonchev–Trinajstić information content (AvgIpc) is 3.74. The van der Waals surface area contributed by atoms with Gasteiger partial charge in [-0.2, -0.15) is 0 Å². The quantitative estimate of drug-likeness (QED) is 0.214. The molecule has 6 rings (SSSR count). The zero-order valence-corrected chi connectivity index (χ0v) is 22.0. The van der Waals surface area contributed by atoms with E-state index >= 15 is 0 Å². The molecule has 0 bridgehead atoms. The van der Waals surface area contributed by atoms with Crippen LogP contribution in [-0.2, 0) is 0 Å². The zero-order valence-electron chi connectivity index (χ0n) is 18.8. The zero-order chi connectivity index (χ0) is 24.2. The number of pyridine rings is 2. The van der Waals surface area contributed by atoms with Crippen LogP contribution in [0, 0.1) is 23.7 Å². The van der Waals surface area contributed by atoms with Crippen molar-refractivity contribution in [3.8, 4) is 54.6 Å². The van der Waals surface area contributed by atoms with E-state index in [-0.39, 0.29) is 0 Å². The van der Waals surface area contributed by atoms with Gasteiger partial charge in [-0.25, -0.2) is 0 Å². The van der Waals surface area contributed by atoms with Crippen LogP contribution in [0.1, 0.15) is 20.9 Å². The van der Waals surface area contributed by atoms with Crippen LogP contribution < -0.4 is 0 Å². The van der Waals surface area contributed by atoms with Gasteiger partial charge >= 0.3 is 0 Å². The molecule has 0 aliphatic carbocycles. The largest absolute Gasteiger partial charge is 0.255 e. The Morgan fingerprint density at radius 1 is 0.500 bits per heavy atom. The van der Waals surface area contributed by atoms with Crippen LogP contribution in [-0.4, -0.2) is 9.97 Å². The first-order chi connectivity index (χ1) is 17.8. The summed E-state index contributed by atoms with van der Waals surface area (Å²) in [5.74, 6) is 13.1. The van der Waals surface area contributed by atoms with E-state index in [2.05, 4.69) is 92.9 Å². The highest BCUT2D eigenvalue weighted by Crippen LogP contribution is 2.32. The van der Waals surface area contributed by atoms with Crippen molar-refractivity contribution in [2.24, 2.45) is 0 Å². The third-order valence-corrected chi connectivity index (χ3v) is 9.32. The Labute approximate surface area is 225 Å². The van der Waals surface area contributed by atoms with Crippen LogP contribution in [0.2, 0.25) is 0 Å². The fourth-order valence-electron chi connectivity index (χ4n) is 3.48. The second-order valence-electron chi connectivity index (χ2n) is 7.64. The molecular weight excluding hydrogens is 517 g/mol. The van der Waals surface area contributed by atoms with E-state index < -0.39 is 0 Å². The van der Waals surface area contributed by atoms with Crippen LogP contribution in [0.5, 0.6) is 0 Å². The summed E-state index contributed by atoms with van der Waals surface area (Å²) in [5, 5.41) is 4.19. The highest BCUT2D eigenvalue weighted by atomic mass is 32.1.